The van der Waals surface area contributed by atoms with E-state index in [4.69, 9.17) is 11.6 Å². The molecule has 3 aromatic carbocycles. The van der Waals surface area contributed by atoms with Crippen LogP contribution in [0.15, 0.2) is 72.8 Å². The predicted molar refractivity (Wildman–Crippen MR) is 117 cm³/mol. The maximum Gasteiger partial charge on any atom is 0.239 e. The Morgan fingerprint density at radius 1 is 0.833 bits per heavy atom. The van der Waals surface area contributed by atoms with Gasteiger partial charge in [0.1, 0.15) is 0 Å². The van der Waals surface area contributed by atoms with Gasteiger partial charge < -0.3 is 0 Å². The first-order chi connectivity index (χ1) is 14.6. The number of nitrogens with zero attached hydrogens (tertiary/aromatic N) is 1. The molecule has 0 aromatic heterocycles. The Hall–Kier alpha value is -2.91. The highest BCUT2D eigenvalue weighted by Gasteiger charge is 2.67. The number of anilines is 1. The Morgan fingerprint density at radius 2 is 1.40 bits per heavy atom. The number of carbonyl (C=O) groups excluding carboxylic acids is 2. The minimum absolute atomic E-state index is 0.111. The van der Waals surface area contributed by atoms with E-state index in [1.54, 1.807) is 12.1 Å². The highest BCUT2D eigenvalue weighted by atomic mass is 35.5. The van der Waals surface area contributed by atoms with Gasteiger partial charge in [0.05, 0.1) is 22.5 Å². The molecule has 3 aromatic rings. The van der Waals surface area contributed by atoms with E-state index in [-0.39, 0.29) is 17.7 Å². The molecule has 1 fully saturated rings. The topological polar surface area (TPSA) is 37.4 Å². The molecular formula is C26H20ClNO2. The molecule has 0 radical (unpaired) electrons. The average Bonchev–Trinajstić information content (AvgIpc) is 3.05. The molecule has 2 atom stereocenters. The molecule has 0 N–H and O–H groups in total. The van der Waals surface area contributed by atoms with Gasteiger partial charge in [-0.15, -0.1) is 0 Å². The summed E-state index contributed by atoms with van der Waals surface area (Å²) in [7, 11) is 0. The average molecular weight is 414 g/mol. The van der Waals surface area contributed by atoms with Crippen molar-refractivity contribution in [3.8, 4) is 0 Å². The molecule has 3 nitrogen and oxygen atoms in total. The van der Waals surface area contributed by atoms with Gasteiger partial charge in [-0.1, -0.05) is 79.2 Å². The van der Waals surface area contributed by atoms with E-state index in [0.717, 1.165) is 6.42 Å². The van der Waals surface area contributed by atoms with E-state index in [2.05, 4.69) is 31.2 Å². The quantitative estimate of drug-likeness (QED) is 0.534. The Morgan fingerprint density at radius 3 is 2.00 bits per heavy atom. The molecule has 148 valence electrons. The van der Waals surface area contributed by atoms with Crippen molar-refractivity contribution < 1.29 is 9.59 Å². The molecule has 0 spiro atoms. The van der Waals surface area contributed by atoms with Gasteiger partial charge in [0.2, 0.25) is 11.8 Å². The number of hydrogen-bond acceptors (Lipinski definition) is 2. The fourth-order valence-electron chi connectivity index (χ4n) is 6.40. The molecule has 1 heterocycles. The molecule has 1 saturated heterocycles. The Bertz CT molecular complexity index is 1190. The van der Waals surface area contributed by atoms with Gasteiger partial charge in [-0.25, -0.2) is 4.90 Å². The van der Waals surface area contributed by atoms with Crippen LogP contribution in [-0.4, -0.2) is 11.8 Å². The Labute approximate surface area is 180 Å². The van der Waals surface area contributed by atoms with Crippen LogP contribution in [0.3, 0.4) is 0 Å². The van der Waals surface area contributed by atoms with Crippen LogP contribution >= 0.6 is 11.6 Å². The van der Waals surface area contributed by atoms with Gasteiger partial charge in [0.25, 0.3) is 0 Å². The number of rotatable bonds is 2. The molecule has 3 aliphatic carbocycles. The largest absolute Gasteiger partial charge is 0.274 e. The summed E-state index contributed by atoms with van der Waals surface area (Å²) in [5, 5.41) is 0.422. The zero-order chi connectivity index (χ0) is 20.6. The second-order valence-electron chi connectivity index (χ2n) is 8.44. The van der Waals surface area contributed by atoms with Crippen LogP contribution in [0, 0.1) is 11.8 Å². The molecule has 2 unspecified atom stereocenters. The first-order valence-corrected chi connectivity index (χ1v) is 10.8. The highest BCUT2D eigenvalue weighted by molar-refractivity contribution is 6.36. The molecular weight excluding hydrogens is 394 g/mol. The van der Waals surface area contributed by atoms with Crippen LogP contribution in [0.5, 0.6) is 0 Å². The normalized spacial score (nSPS) is 28.3. The summed E-state index contributed by atoms with van der Waals surface area (Å²) in [6.45, 7) is 2.13. The van der Waals surface area contributed by atoms with Crippen molar-refractivity contribution in [3.63, 3.8) is 0 Å². The Kier molecular flexibility index (Phi) is 3.61. The number of amides is 2. The van der Waals surface area contributed by atoms with E-state index in [1.807, 2.05) is 36.4 Å². The van der Waals surface area contributed by atoms with Gasteiger partial charge >= 0.3 is 0 Å². The van der Waals surface area contributed by atoms with Gasteiger partial charge in [-0.05, 0) is 40.8 Å². The van der Waals surface area contributed by atoms with E-state index >= 15 is 0 Å². The van der Waals surface area contributed by atoms with Crippen molar-refractivity contribution in [3.05, 3.63) is 100 Å². The van der Waals surface area contributed by atoms with Crippen LogP contribution < -0.4 is 4.90 Å². The lowest BCUT2D eigenvalue weighted by Gasteiger charge is -2.54. The van der Waals surface area contributed by atoms with Crippen molar-refractivity contribution in [1.29, 1.82) is 0 Å². The molecule has 2 amide bonds. The van der Waals surface area contributed by atoms with Crippen LogP contribution in [0.25, 0.3) is 0 Å². The third-order valence-electron chi connectivity index (χ3n) is 7.45. The summed E-state index contributed by atoms with van der Waals surface area (Å²) < 4.78 is 0. The summed E-state index contributed by atoms with van der Waals surface area (Å²) in [6, 6.07) is 23.8. The third kappa shape index (κ3) is 1.92. The standard InChI is InChI=1S/C26H20ClNO2/c1-2-26-17-11-5-3-9-15(17)21(16-10-4-6-12-18(16)26)22-23(26)25(30)28(24(22)29)20-14-8-7-13-19(20)27/h3-14,21-23H,2H2,1H3. The van der Waals surface area contributed by atoms with Crippen molar-refractivity contribution in [2.24, 2.45) is 11.8 Å². The lowest BCUT2D eigenvalue weighted by atomic mass is 9.46. The number of para-hydroxylation sites is 1. The van der Waals surface area contributed by atoms with Gasteiger partial charge in [-0.3, -0.25) is 9.59 Å². The van der Waals surface area contributed by atoms with Gasteiger partial charge in [0.15, 0.2) is 0 Å². The maximum atomic E-state index is 13.9. The number of carbonyl (C=O) groups is 2. The fraction of sp³-hybridized carbons (Fsp3) is 0.231. The summed E-state index contributed by atoms with van der Waals surface area (Å²) in [6.07, 6.45) is 0.754. The fourth-order valence-corrected chi connectivity index (χ4v) is 6.62. The smallest absolute Gasteiger partial charge is 0.239 e. The van der Waals surface area contributed by atoms with E-state index in [1.165, 1.54) is 27.2 Å². The van der Waals surface area contributed by atoms with Gasteiger partial charge in [0, 0.05) is 11.3 Å². The maximum absolute atomic E-state index is 13.9. The van der Waals surface area contributed by atoms with Gasteiger partial charge in [-0.2, -0.15) is 0 Å². The summed E-state index contributed by atoms with van der Waals surface area (Å²) in [4.78, 5) is 29.1. The predicted octanol–water partition coefficient (Wildman–Crippen LogP) is 5.30. The van der Waals surface area contributed by atoms with Crippen LogP contribution in [0.1, 0.15) is 41.5 Å². The number of halogens is 1. The SMILES string of the molecule is CCC12c3ccccc3C(c3ccccc31)C1C(=O)N(c3ccccc3Cl)C(=O)C12. The first kappa shape index (κ1) is 17.9. The summed E-state index contributed by atoms with van der Waals surface area (Å²) >= 11 is 6.42. The van der Waals surface area contributed by atoms with E-state index in [9.17, 15) is 9.59 Å². The zero-order valence-electron chi connectivity index (χ0n) is 16.5. The van der Waals surface area contributed by atoms with Crippen molar-refractivity contribution in [1.82, 2.24) is 0 Å². The summed E-state index contributed by atoms with van der Waals surface area (Å²) in [5.41, 5.74) is 4.74. The van der Waals surface area contributed by atoms with E-state index < -0.39 is 17.3 Å². The van der Waals surface area contributed by atoms with Crippen molar-refractivity contribution >= 4 is 29.1 Å². The molecule has 30 heavy (non-hydrogen) atoms. The molecule has 4 heteroatoms. The monoisotopic (exact) mass is 413 g/mol. The lowest BCUT2D eigenvalue weighted by Crippen LogP contribution is -2.53. The second kappa shape index (κ2) is 6.05. The zero-order valence-corrected chi connectivity index (χ0v) is 17.3. The number of hydrogen-bond donors (Lipinski definition) is 0. The number of benzene rings is 3. The molecule has 1 aliphatic heterocycles. The molecule has 2 bridgehead atoms. The van der Waals surface area contributed by atoms with E-state index in [0.29, 0.717) is 10.7 Å². The lowest BCUT2D eigenvalue weighted by molar-refractivity contribution is -0.123. The van der Waals surface area contributed by atoms with Crippen molar-refractivity contribution in [2.75, 3.05) is 4.90 Å². The summed E-state index contributed by atoms with van der Waals surface area (Å²) in [5.74, 6) is -1.20. The van der Waals surface area contributed by atoms with Crippen molar-refractivity contribution in [2.45, 2.75) is 24.7 Å². The van der Waals surface area contributed by atoms with Crippen LogP contribution in [0.2, 0.25) is 5.02 Å². The third-order valence-corrected chi connectivity index (χ3v) is 7.76. The molecule has 4 aliphatic rings. The minimum atomic E-state index is -0.505. The first-order valence-electron chi connectivity index (χ1n) is 10.4. The van der Waals surface area contributed by atoms with Crippen LogP contribution in [0.4, 0.5) is 5.69 Å². The Balaban J connectivity index is 1.66. The number of imide groups is 1. The minimum Gasteiger partial charge on any atom is -0.274 e. The van der Waals surface area contributed by atoms with Crippen LogP contribution in [-0.2, 0) is 15.0 Å². The second-order valence-corrected chi connectivity index (χ2v) is 8.85. The highest BCUT2D eigenvalue weighted by Crippen LogP contribution is 2.65. The molecule has 0 saturated carbocycles. The molecule has 7 rings (SSSR count).